The summed E-state index contributed by atoms with van der Waals surface area (Å²) < 4.78 is 9.85. The van der Waals surface area contributed by atoms with Gasteiger partial charge in [-0.15, -0.1) is 11.6 Å². The quantitative estimate of drug-likeness (QED) is 0.364. The van der Waals surface area contributed by atoms with Gasteiger partial charge in [-0.05, 0) is 6.42 Å². The lowest BCUT2D eigenvalue weighted by Gasteiger charge is -2.04. The van der Waals surface area contributed by atoms with Crippen LogP contribution in [0, 0.1) is 0 Å². The molecule has 0 saturated heterocycles. The van der Waals surface area contributed by atoms with Gasteiger partial charge in [0.15, 0.2) is 11.2 Å². The Morgan fingerprint density at radius 1 is 1.33 bits per heavy atom. The van der Waals surface area contributed by atoms with Crippen LogP contribution in [-0.4, -0.2) is 49.2 Å². The normalized spacial score (nSPS) is 12.4. The number of carbonyl (C=O) groups is 2. The van der Waals surface area contributed by atoms with Crippen molar-refractivity contribution in [2.75, 3.05) is 26.9 Å². The molecule has 0 rings (SSSR count). The van der Waals surface area contributed by atoms with Gasteiger partial charge in [0.25, 0.3) is 0 Å². The fraction of sp³-hybridized carbons (Fsp3) is 0.778. The topological polar surface area (TPSA) is 72.8 Å². The Morgan fingerprint density at radius 2 is 2.00 bits per heavy atom. The molecule has 1 unspecified atom stereocenters. The Balaban J connectivity index is 3.43. The minimum absolute atomic E-state index is 0.119. The number of ether oxygens (including phenoxy) is 2. The van der Waals surface area contributed by atoms with Crippen molar-refractivity contribution in [3.8, 4) is 0 Å². The van der Waals surface area contributed by atoms with Gasteiger partial charge >= 0.3 is 5.97 Å². The molecule has 0 aromatic rings. The van der Waals surface area contributed by atoms with E-state index in [-0.39, 0.29) is 6.42 Å². The Hall–Kier alpha value is -0.650. The van der Waals surface area contributed by atoms with Gasteiger partial charge in [0.2, 0.25) is 0 Å². The number of carbonyl (C=O) groups excluding carboxylic acids is 1. The second kappa shape index (κ2) is 8.64. The summed E-state index contributed by atoms with van der Waals surface area (Å²) in [5.74, 6) is -1.79. The fourth-order valence-electron chi connectivity index (χ4n) is 0.857. The Bertz CT molecular complexity index is 207. The molecule has 0 spiro atoms. The fourth-order valence-corrected chi connectivity index (χ4v) is 0.966. The molecule has 1 atom stereocenters. The summed E-state index contributed by atoms with van der Waals surface area (Å²) in [5, 5.41) is 6.98. The van der Waals surface area contributed by atoms with Crippen LogP contribution in [0.3, 0.4) is 0 Å². The molecule has 0 radical (unpaired) electrons. The number of rotatable bonds is 9. The van der Waals surface area contributed by atoms with Crippen LogP contribution < -0.4 is 0 Å². The highest BCUT2D eigenvalue weighted by atomic mass is 35.5. The summed E-state index contributed by atoms with van der Waals surface area (Å²) in [4.78, 5) is 21.4. The maximum atomic E-state index is 11.1. The Labute approximate surface area is 93.3 Å². The summed E-state index contributed by atoms with van der Waals surface area (Å²) >= 11 is 5.32. The standard InChI is InChI=1S/C9H15ClO5/c1-14-5-6-15-4-2-3-7(11)8(10)9(12)13/h8H,2-6H2,1H3,(H,12,13). The first kappa shape index (κ1) is 14.3. The molecule has 1 N–H and O–H groups in total. The molecule has 5 nitrogen and oxygen atoms in total. The molecule has 0 aliphatic heterocycles. The van der Waals surface area contributed by atoms with E-state index in [1.54, 1.807) is 7.11 Å². The Morgan fingerprint density at radius 3 is 2.53 bits per heavy atom. The first-order valence-corrected chi connectivity index (χ1v) is 4.99. The number of aliphatic carboxylic acids is 1. The zero-order valence-electron chi connectivity index (χ0n) is 8.57. The van der Waals surface area contributed by atoms with Gasteiger partial charge in [-0.1, -0.05) is 0 Å². The van der Waals surface area contributed by atoms with Crippen LogP contribution in [0.5, 0.6) is 0 Å². The van der Waals surface area contributed by atoms with Gasteiger partial charge in [-0.25, -0.2) is 0 Å². The highest BCUT2D eigenvalue weighted by Crippen LogP contribution is 2.03. The third-order valence-corrected chi connectivity index (χ3v) is 2.07. The summed E-state index contributed by atoms with van der Waals surface area (Å²) in [6.07, 6.45) is 0.590. The van der Waals surface area contributed by atoms with Gasteiger partial charge in [0.1, 0.15) is 0 Å². The van der Waals surface area contributed by atoms with Gasteiger partial charge in [0, 0.05) is 20.1 Å². The van der Waals surface area contributed by atoms with Crippen molar-refractivity contribution in [2.45, 2.75) is 18.2 Å². The van der Waals surface area contributed by atoms with Crippen molar-refractivity contribution in [3.05, 3.63) is 0 Å². The molecule has 0 fully saturated rings. The molecule has 0 bridgehead atoms. The van der Waals surface area contributed by atoms with Crippen LogP contribution in [0.15, 0.2) is 0 Å². The van der Waals surface area contributed by atoms with E-state index in [0.29, 0.717) is 26.2 Å². The van der Waals surface area contributed by atoms with E-state index in [2.05, 4.69) is 0 Å². The van der Waals surface area contributed by atoms with Crippen LogP contribution in [0.2, 0.25) is 0 Å². The van der Waals surface area contributed by atoms with Crippen LogP contribution in [0.1, 0.15) is 12.8 Å². The number of hydrogen-bond acceptors (Lipinski definition) is 4. The number of Topliss-reactive ketones (excluding diaryl/α,β-unsaturated/α-hetero) is 1. The largest absolute Gasteiger partial charge is 0.480 e. The average Bonchev–Trinajstić information content (AvgIpc) is 2.21. The molecule has 0 amide bonds. The minimum Gasteiger partial charge on any atom is -0.480 e. The van der Waals surface area contributed by atoms with E-state index in [0.717, 1.165) is 0 Å². The van der Waals surface area contributed by atoms with Crippen molar-refractivity contribution in [1.82, 2.24) is 0 Å². The predicted molar refractivity (Wildman–Crippen MR) is 54.2 cm³/mol. The van der Waals surface area contributed by atoms with E-state index in [1.807, 2.05) is 0 Å². The zero-order valence-corrected chi connectivity index (χ0v) is 9.33. The zero-order chi connectivity index (χ0) is 11.7. The molecule has 88 valence electrons. The summed E-state index contributed by atoms with van der Waals surface area (Å²) in [5.41, 5.74) is 0. The van der Waals surface area contributed by atoms with Crippen molar-refractivity contribution < 1.29 is 24.2 Å². The van der Waals surface area contributed by atoms with E-state index < -0.39 is 17.1 Å². The monoisotopic (exact) mass is 238 g/mol. The second-order valence-corrected chi connectivity index (χ2v) is 3.31. The molecule has 0 saturated carbocycles. The molecule has 0 heterocycles. The number of hydrogen-bond donors (Lipinski definition) is 1. The smallest absolute Gasteiger partial charge is 0.329 e. The molecule has 0 aliphatic carbocycles. The Kier molecular flexibility index (Phi) is 8.27. The summed E-state index contributed by atoms with van der Waals surface area (Å²) in [6, 6.07) is 0. The number of alkyl halides is 1. The lowest BCUT2D eigenvalue weighted by Crippen LogP contribution is -2.24. The van der Waals surface area contributed by atoms with Crippen LogP contribution >= 0.6 is 11.6 Å². The maximum absolute atomic E-state index is 11.1. The molecular weight excluding hydrogens is 224 g/mol. The molecule has 0 aromatic heterocycles. The number of carboxylic acids is 1. The first-order valence-electron chi connectivity index (χ1n) is 4.56. The van der Waals surface area contributed by atoms with E-state index in [1.165, 1.54) is 0 Å². The highest BCUT2D eigenvalue weighted by molar-refractivity contribution is 6.40. The van der Waals surface area contributed by atoms with Crippen molar-refractivity contribution in [3.63, 3.8) is 0 Å². The van der Waals surface area contributed by atoms with Crippen molar-refractivity contribution >= 4 is 23.4 Å². The van der Waals surface area contributed by atoms with Crippen LogP contribution in [-0.2, 0) is 19.1 Å². The van der Waals surface area contributed by atoms with Gasteiger partial charge < -0.3 is 14.6 Å². The second-order valence-electron chi connectivity index (χ2n) is 2.88. The molecular formula is C9H15ClO5. The lowest BCUT2D eigenvalue weighted by atomic mass is 10.2. The van der Waals surface area contributed by atoms with Gasteiger partial charge in [0.05, 0.1) is 13.2 Å². The maximum Gasteiger partial charge on any atom is 0.329 e. The molecule has 0 aromatic carbocycles. The SMILES string of the molecule is COCCOCCCC(=O)C(Cl)C(=O)O. The molecule has 6 heteroatoms. The van der Waals surface area contributed by atoms with Crippen LogP contribution in [0.4, 0.5) is 0 Å². The van der Waals surface area contributed by atoms with Crippen molar-refractivity contribution in [1.29, 1.82) is 0 Å². The summed E-state index contributed by atoms with van der Waals surface area (Å²) in [7, 11) is 1.57. The first-order chi connectivity index (χ1) is 7.09. The van der Waals surface area contributed by atoms with E-state index in [9.17, 15) is 9.59 Å². The van der Waals surface area contributed by atoms with E-state index >= 15 is 0 Å². The average molecular weight is 239 g/mol. The number of ketones is 1. The predicted octanol–water partition coefficient (Wildman–Crippen LogP) is 0.691. The number of halogens is 1. The third kappa shape index (κ3) is 7.30. The third-order valence-electron chi connectivity index (χ3n) is 1.64. The van der Waals surface area contributed by atoms with E-state index in [4.69, 9.17) is 26.2 Å². The lowest BCUT2D eigenvalue weighted by molar-refractivity contribution is -0.139. The minimum atomic E-state index is -1.44. The van der Waals surface area contributed by atoms with Gasteiger partial charge in [-0.3, -0.25) is 9.59 Å². The number of carboxylic acid groups (broad SMARTS) is 1. The molecule has 0 aliphatic rings. The van der Waals surface area contributed by atoms with Crippen molar-refractivity contribution in [2.24, 2.45) is 0 Å². The summed E-state index contributed by atoms with van der Waals surface area (Å²) in [6.45, 7) is 1.37. The number of methoxy groups -OCH3 is 1. The van der Waals surface area contributed by atoms with Crippen LogP contribution in [0.25, 0.3) is 0 Å². The van der Waals surface area contributed by atoms with Gasteiger partial charge in [-0.2, -0.15) is 0 Å². The highest BCUT2D eigenvalue weighted by Gasteiger charge is 2.21. The molecule has 15 heavy (non-hydrogen) atoms.